The molecule has 0 bridgehead atoms. The summed E-state index contributed by atoms with van der Waals surface area (Å²) in [6.45, 7) is 6.28. The summed E-state index contributed by atoms with van der Waals surface area (Å²) in [7, 11) is 0. The van der Waals surface area contributed by atoms with E-state index in [1.165, 1.54) is 0 Å². The van der Waals surface area contributed by atoms with Gasteiger partial charge in [0.2, 0.25) is 0 Å². The van der Waals surface area contributed by atoms with Crippen molar-refractivity contribution in [1.29, 1.82) is 0 Å². The first kappa shape index (κ1) is 36.3. The van der Waals surface area contributed by atoms with E-state index in [9.17, 15) is 0 Å². The van der Waals surface area contributed by atoms with Gasteiger partial charge in [-0.1, -0.05) is 27.7 Å². The summed E-state index contributed by atoms with van der Waals surface area (Å²) in [5.41, 5.74) is 0. The molecule has 80 valence electrons. The van der Waals surface area contributed by atoms with Crippen molar-refractivity contribution in [2.75, 3.05) is 26.4 Å². The third-order valence-corrected chi connectivity index (χ3v) is 0. The van der Waals surface area contributed by atoms with Crippen molar-refractivity contribution in [1.82, 2.24) is 0 Å². The van der Waals surface area contributed by atoms with Gasteiger partial charge in [0.15, 0.2) is 0 Å². The van der Waals surface area contributed by atoms with E-state index in [2.05, 4.69) is 0 Å². The van der Waals surface area contributed by atoms with E-state index >= 15 is 0 Å². The first-order chi connectivity index (χ1) is 5.66. The quantitative estimate of drug-likeness (QED) is 0.375. The fourth-order valence-corrected chi connectivity index (χ4v) is 0. The molecule has 0 heterocycles. The molecule has 0 aromatic carbocycles. The van der Waals surface area contributed by atoms with Gasteiger partial charge in [-0.3, -0.25) is 0 Å². The van der Waals surface area contributed by atoms with E-state index in [-0.39, 0.29) is 62.6 Å². The summed E-state index contributed by atoms with van der Waals surface area (Å²) in [6, 6.07) is 0. The molecule has 0 aliphatic carbocycles. The van der Waals surface area contributed by atoms with E-state index in [0.717, 1.165) is 0 Å². The van der Waals surface area contributed by atoms with Gasteiger partial charge in [0, 0.05) is 0 Å². The Morgan fingerprint density at radius 2 is 0.571 bits per heavy atom. The van der Waals surface area contributed by atoms with E-state index in [4.69, 9.17) is 20.4 Å². The molecular weight excluding hydrogens is 194 g/mol. The standard InChI is InChI=1S/4C2H5O.Al.Li/c4*1-2-3;;/h4*2H2,1H3;;/q4*-1;+3;+1. The zero-order chi connectivity index (χ0) is 10.8. The van der Waals surface area contributed by atoms with Crippen LogP contribution in [0.5, 0.6) is 0 Å². The second kappa shape index (κ2) is 95.1. The topological polar surface area (TPSA) is 92.2 Å². The first-order valence-electron chi connectivity index (χ1n) is 3.98. The van der Waals surface area contributed by atoms with Gasteiger partial charge < -0.3 is 20.4 Å². The molecule has 0 aromatic rings. The Morgan fingerprint density at radius 1 is 0.571 bits per heavy atom. The van der Waals surface area contributed by atoms with Crippen molar-refractivity contribution in [2.45, 2.75) is 27.7 Å². The first-order valence-corrected chi connectivity index (χ1v) is 3.98. The molecule has 0 aliphatic rings. The minimum Gasteiger partial charge on any atom is -0.855 e. The molecule has 0 aliphatic heterocycles. The van der Waals surface area contributed by atoms with E-state index in [1.807, 2.05) is 0 Å². The molecule has 14 heavy (non-hydrogen) atoms. The van der Waals surface area contributed by atoms with Crippen molar-refractivity contribution in [3.63, 3.8) is 0 Å². The predicted molar refractivity (Wildman–Crippen MR) is 47.9 cm³/mol. The average Bonchev–Trinajstić information content (AvgIpc) is 1.92. The molecule has 0 rings (SSSR count). The summed E-state index contributed by atoms with van der Waals surface area (Å²) < 4.78 is 0. The van der Waals surface area contributed by atoms with Crippen LogP contribution in [0.25, 0.3) is 0 Å². The maximum Gasteiger partial charge on any atom is 3.00 e. The molecular formula is C8H20AlLiO4. The van der Waals surface area contributed by atoms with Crippen LogP contribution >= 0.6 is 0 Å². The summed E-state index contributed by atoms with van der Waals surface area (Å²) in [4.78, 5) is 0. The van der Waals surface area contributed by atoms with Gasteiger partial charge in [-0.05, 0) is 0 Å². The molecule has 6 heteroatoms. The Balaban J connectivity index is -0.0000000145. The normalized spacial score (nSPS) is 5.14. The second-order valence-electron chi connectivity index (χ2n) is 1.15. The van der Waals surface area contributed by atoms with Crippen LogP contribution < -0.4 is 39.3 Å². The van der Waals surface area contributed by atoms with E-state index in [1.54, 1.807) is 27.7 Å². The Bertz CT molecular complexity index is 29.3. The fourth-order valence-electron chi connectivity index (χ4n) is 0. The van der Waals surface area contributed by atoms with Crippen molar-refractivity contribution < 1.29 is 39.3 Å². The van der Waals surface area contributed by atoms with Crippen molar-refractivity contribution in [2.24, 2.45) is 0 Å². The molecule has 0 atom stereocenters. The van der Waals surface area contributed by atoms with Crippen molar-refractivity contribution in [3.05, 3.63) is 0 Å². The van der Waals surface area contributed by atoms with Crippen molar-refractivity contribution >= 4 is 17.4 Å². The summed E-state index contributed by atoms with van der Waals surface area (Å²) >= 11 is 0. The fraction of sp³-hybridized carbons (Fsp3) is 1.00. The second-order valence-corrected chi connectivity index (χ2v) is 1.15. The molecule has 0 aromatic heterocycles. The SMILES string of the molecule is CC[O-].CC[O-].CC[O-].CC[O-].[Al+3].[Li+]. The number of hydrogen-bond donors (Lipinski definition) is 0. The molecule has 0 radical (unpaired) electrons. The molecule has 0 amide bonds. The zero-order valence-corrected chi connectivity index (χ0v) is 11.2. The molecule has 0 N–H and O–H groups in total. The van der Waals surface area contributed by atoms with Crippen LogP contribution in [0.1, 0.15) is 27.7 Å². The minimum absolute atomic E-state index is 0. The minimum atomic E-state index is 0. The summed E-state index contributed by atoms with van der Waals surface area (Å²) in [6.07, 6.45) is 0. The van der Waals surface area contributed by atoms with Crippen molar-refractivity contribution in [3.8, 4) is 0 Å². The third kappa shape index (κ3) is 1980. The largest absolute Gasteiger partial charge is 3.00 e. The van der Waals surface area contributed by atoms with Crippen LogP contribution in [-0.4, -0.2) is 43.8 Å². The van der Waals surface area contributed by atoms with Crippen LogP contribution in [0.2, 0.25) is 0 Å². The van der Waals surface area contributed by atoms with Gasteiger partial charge in [0.25, 0.3) is 0 Å². The zero-order valence-electron chi connectivity index (χ0n) is 10.0. The molecule has 0 unspecified atom stereocenters. The smallest absolute Gasteiger partial charge is 0.855 e. The van der Waals surface area contributed by atoms with Crippen LogP contribution in [0, 0.1) is 0 Å². The van der Waals surface area contributed by atoms with Gasteiger partial charge >= 0.3 is 36.2 Å². The Morgan fingerprint density at radius 3 is 0.571 bits per heavy atom. The monoisotopic (exact) mass is 214 g/mol. The van der Waals surface area contributed by atoms with E-state index < -0.39 is 0 Å². The molecule has 0 saturated heterocycles. The number of hydrogen-bond acceptors (Lipinski definition) is 4. The van der Waals surface area contributed by atoms with Gasteiger partial charge in [0.05, 0.1) is 0 Å². The van der Waals surface area contributed by atoms with Gasteiger partial charge in [-0.25, -0.2) is 0 Å². The van der Waals surface area contributed by atoms with Crippen LogP contribution in [0.15, 0.2) is 0 Å². The van der Waals surface area contributed by atoms with Gasteiger partial charge in [-0.2, -0.15) is 0 Å². The van der Waals surface area contributed by atoms with E-state index in [0.29, 0.717) is 0 Å². The average molecular weight is 214 g/mol. The number of rotatable bonds is 0. The molecule has 0 fully saturated rings. The predicted octanol–water partition coefficient (Wildman–Crippen LogP) is -5.91. The van der Waals surface area contributed by atoms with Crippen LogP contribution in [-0.2, 0) is 0 Å². The van der Waals surface area contributed by atoms with Gasteiger partial charge in [0.1, 0.15) is 0 Å². The van der Waals surface area contributed by atoms with Gasteiger partial charge in [-0.15, -0.1) is 26.4 Å². The maximum absolute atomic E-state index is 8.93. The summed E-state index contributed by atoms with van der Waals surface area (Å²) in [5, 5.41) is 35.7. The Labute approximate surface area is 111 Å². The third-order valence-electron chi connectivity index (χ3n) is 0. The van der Waals surface area contributed by atoms with Crippen LogP contribution in [0.4, 0.5) is 0 Å². The molecule has 0 saturated carbocycles. The maximum atomic E-state index is 8.93. The Hall–Kier alpha value is 0.970. The van der Waals surface area contributed by atoms with Crippen LogP contribution in [0.3, 0.4) is 0 Å². The molecule has 4 nitrogen and oxygen atoms in total. The molecule has 0 spiro atoms. The summed E-state index contributed by atoms with van der Waals surface area (Å²) in [5.74, 6) is 0. The Kier molecular flexibility index (Phi) is 247.